The van der Waals surface area contributed by atoms with Crippen LogP contribution >= 0.6 is 11.3 Å². The quantitative estimate of drug-likeness (QED) is 0.0161. The Morgan fingerprint density at radius 1 is 0.403 bits per heavy atom. The molecule has 12 aromatic carbocycles. The fourth-order valence-corrected chi connectivity index (χ4v) is 19.6. The predicted octanol–water partition coefficient (Wildman–Crippen LogP) is 27.2. The number of hydrogen-bond donors (Lipinski definition) is 1. The second kappa shape index (κ2) is 54.1. The molecule has 0 aliphatic carbocycles. The van der Waals surface area contributed by atoms with Crippen molar-refractivity contribution in [3.05, 3.63) is 444 Å². The van der Waals surface area contributed by atoms with E-state index < -0.39 is 88.3 Å². The van der Waals surface area contributed by atoms with Gasteiger partial charge in [0.15, 0.2) is 17.0 Å². The Bertz CT molecular complexity index is 6760. The topological polar surface area (TPSA) is 265 Å². The second-order valence-electron chi connectivity index (χ2n) is 37.6. The van der Waals surface area contributed by atoms with Gasteiger partial charge in [-0.15, -0.1) is 11.3 Å². The molecule has 3 heterocycles. The Morgan fingerprint density at radius 2 is 0.745 bits per heavy atom. The third kappa shape index (κ3) is 33.8. The Balaban J connectivity index is 0.000000183. The summed E-state index contributed by atoms with van der Waals surface area (Å²) >= 11 is 1.57. The summed E-state index contributed by atoms with van der Waals surface area (Å²) in [5, 5.41) is 12.2. The number of rotatable bonds is 41. The summed E-state index contributed by atoms with van der Waals surface area (Å²) in [7, 11) is -11.7. The molecule has 0 spiro atoms. The highest BCUT2D eigenvalue weighted by atomic mass is 32.2. The number of aromatic nitrogens is 1. The van der Waals surface area contributed by atoms with Crippen molar-refractivity contribution in [3.8, 4) is 0 Å². The third-order valence-corrected chi connectivity index (χ3v) is 29.8. The van der Waals surface area contributed by atoms with E-state index in [4.69, 9.17) is 50.7 Å². The molecule has 0 radical (unpaired) electrons. The van der Waals surface area contributed by atoms with Crippen LogP contribution in [-0.2, 0) is 133 Å². The highest BCUT2D eigenvalue weighted by Gasteiger charge is 2.58. The Morgan fingerprint density at radius 3 is 1.12 bits per heavy atom. The fourth-order valence-electron chi connectivity index (χ4n) is 15.7. The van der Waals surface area contributed by atoms with Gasteiger partial charge in [-0.05, 0) is 223 Å². The molecule has 0 bridgehead atoms. The molecule has 3 atom stereocenters. The molecule has 2 aliphatic rings. The number of halogens is 3. The standard InChI is InChI=1S/C24H27NO2S.C22H20O4S.C21H26O5S.C19H20O5S.C18H23F3O2.C18H18O/c1-6-17-11-13-18(14-12-17)15-16-24(5,22(26)27-23(2,3)4)21-25-19-9-7-8-10-20(19)28-21;1-2-18-13-15-21(16-14-18)27(24,25)26-17-22(23,19-9-5-3-6-10-19)20-11-7-4-8-12-20;1-4-18-12-14-20(15-13-18)27(22,23)26-17-16-21(24-5-2,25-6-3)19-10-8-7-9-11-19;1-2-16-8-10-18(11-9-16)25(20,21)24-13-12-19(22-14-15-23-19)17-6-4-3-5-7-17;1-6-13-7-9-14(10-8-13)11-12-17(5,18(19,20)21)15(22)23-16(2,3)4;1-2-15-8-10-16(11-9-15)12-13-18(14-19-18)17-6-4-3-5-7-17/h6-14H,1,15-16H2,2-5H3;2-16,23H,1,17H2;4,7-15H,1,5-6,16-17H2,2-3H3;2-11H,1,12-15H2;6-10H,1,11-12H2,2-5H3;2-11H,1,12-14H2. The summed E-state index contributed by atoms with van der Waals surface area (Å²) in [6, 6.07) is 98.0. The van der Waals surface area contributed by atoms with E-state index in [2.05, 4.69) is 100 Å². The zero-order valence-corrected chi connectivity index (χ0v) is 89.4. The SMILES string of the molecule is C=Cc1ccc(CCC(C)(C(=O)OC(C)(C)C)C(F)(F)F)cc1.C=Cc1ccc(CCC(C)(C(=O)OC(C)(C)C)c2nc3ccccc3s2)cc1.C=Cc1ccc(CCC2(c3ccccc3)CO2)cc1.C=Cc1ccc(S(=O)(=O)OCC(O)(c2ccccc2)c2ccccc2)cc1.C=Cc1ccc(S(=O)(=O)OCCC(OCC)(OCC)c2ccccc2)cc1.C=Cc1ccc(S(=O)(=O)OCCC2(c3ccccc3)OCCO2)cc1. The molecule has 20 nitrogen and oxygen atoms in total. The first-order valence-corrected chi connectivity index (χ1v) is 54.0. The number of hydrogen-bond acceptors (Lipinski definition) is 21. The van der Waals surface area contributed by atoms with Crippen molar-refractivity contribution in [2.45, 2.75) is 181 Å². The lowest BCUT2D eigenvalue weighted by Gasteiger charge is -2.33. The lowest BCUT2D eigenvalue weighted by atomic mass is 9.83. The number of carbonyl (C=O) groups is 2. The molecule has 13 aromatic rings. The van der Waals surface area contributed by atoms with Crippen LogP contribution in [0.25, 0.3) is 46.7 Å². The van der Waals surface area contributed by atoms with Gasteiger partial charge in [0.1, 0.15) is 39.4 Å². The number of carbonyl (C=O) groups excluding carboxylic acids is 2. The van der Waals surface area contributed by atoms with Crippen LogP contribution in [0.5, 0.6) is 0 Å². The molecule has 149 heavy (non-hydrogen) atoms. The molecule has 1 N–H and O–H groups in total. The summed E-state index contributed by atoms with van der Waals surface area (Å²) in [5.74, 6) is -3.46. The van der Waals surface area contributed by atoms with Crippen LogP contribution in [0.15, 0.2) is 376 Å². The van der Waals surface area contributed by atoms with Gasteiger partial charge in [-0.2, -0.15) is 38.4 Å². The largest absolute Gasteiger partial charge is 0.459 e. The van der Waals surface area contributed by atoms with Crippen LogP contribution in [0.1, 0.15) is 184 Å². The van der Waals surface area contributed by atoms with E-state index in [0.717, 1.165) is 92.5 Å². The maximum absolute atomic E-state index is 13.4. The number of esters is 2. The Kier molecular flexibility index (Phi) is 42.8. The molecule has 2 saturated heterocycles. The normalized spacial score (nSPS) is 14.7. The minimum Gasteiger partial charge on any atom is -0.459 e. The van der Waals surface area contributed by atoms with Crippen molar-refractivity contribution in [1.29, 1.82) is 0 Å². The number of alkyl halides is 3. The van der Waals surface area contributed by atoms with Gasteiger partial charge in [0.2, 0.25) is 0 Å². The van der Waals surface area contributed by atoms with Crippen molar-refractivity contribution in [2.24, 2.45) is 5.41 Å². The molecule has 0 amide bonds. The lowest BCUT2D eigenvalue weighted by molar-refractivity contribution is -0.249. The zero-order valence-electron chi connectivity index (χ0n) is 86.1. The summed E-state index contributed by atoms with van der Waals surface area (Å²) in [6.45, 7) is 41.2. The van der Waals surface area contributed by atoms with Crippen LogP contribution in [0, 0.1) is 5.41 Å². The molecule has 27 heteroatoms. The smallest absolute Gasteiger partial charge is 0.404 e. The number of aliphatic hydroxyl groups is 1. The molecule has 3 unspecified atom stereocenters. The van der Waals surface area contributed by atoms with Crippen LogP contribution in [0.2, 0.25) is 0 Å². The van der Waals surface area contributed by atoms with Gasteiger partial charge in [-0.1, -0.05) is 349 Å². The van der Waals surface area contributed by atoms with E-state index in [1.165, 1.54) is 58.7 Å². The first kappa shape index (κ1) is 118. The number of fused-ring (bicyclic) bond motifs is 1. The molecule has 1 aromatic heterocycles. The number of ether oxygens (including phenoxy) is 7. The molecule has 2 fully saturated rings. The van der Waals surface area contributed by atoms with E-state index in [-0.39, 0.29) is 65.2 Å². The maximum Gasteiger partial charge on any atom is 0.404 e. The minimum absolute atomic E-state index is 0.0246. The lowest BCUT2D eigenvalue weighted by Crippen LogP contribution is -2.46. The molecule has 2 aliphatic heterocycles. The van der Waals surface area contributed by atoms with Crippen molar-refractivity contribution in [1.82, 2.24) is 4.98 Å². The number of para-hydroxylation sites is 1. The number of epoxide rings is 1. The molecule has 15 rings (SSSR count). The highest BCUT2D eigenvalue weighted by molar-refractivity contribution is 7.87. The van der Waals surface area contributed by atoms with Crippen molar-refractivity contribution >= 4 is 100 Å². The van der Waals surface area contributed by atoms with Crippen molar-refractivity contribution in [3.63, 3.8) is 0 Å². The summed E-state index contributed by atoms with van der Waals surface area (Å²) in [4.78, 5) is 30.3. The van der Waals surface area contributed by atoms with Crippen molar-refractivity contribution < 1.29 is 98.8 Å². The van der Waals surface area contributed by atoms with Crippen LogP contribution in [0.4, 0.5) is 13.2 Å². The average Bonchev–Trinajstić information content (AvgIpc) is 1.22. The second-order valence-corrected chi connectivity index (χ2v) is 43.5. The van der Waals surface area contributed by atoms with Crippen molar-refractivity contribution in [2.75, 3.05) is 52.9 Å². The van der Waals surface area contributed by atoms with Gasteiger partial charge in [-0.3, -0.25) is 22.1 Å². The van der Waals surface area contributed by atoms with E-state index in [0.29, 0.717) is 44.0 Å². The zero-order chi connectivity index (χ0) is 108. The van der Waals surface area contributed by atoms with Gasteiger partial charge in [0.05, 0.1) is 57.9 Å². The summed E-state index contributed by atoms with van der Waals surface area (Å²) in [6.07, 6.45) is 9.39. The number of aryl methyl sites for hydroxylation is 3. The molecule has 0 saturated carbocycles. The van der Waals surface area contributed by atoms with Gasteiger partial charge in [0, 0.05) is 37.2 Å². The van der Waals surface area contributed by atoms with E-state index >= 15 is 0 Å². The first-order valence-electron chi connectivity index (χ1n) is 49.0. The van der Waals surface area contributed by atoms with Gasteiger partial charge < -0.3 is 38.3 Å². The molecular weight excluding hydrogens is 1970 g/mol. The number of benzene rings is 12. The van der Waals surface area contributed by atoms with Gasteiger partial charge in [0.25, 0.3) is 30.4 Å². The monoisotopic (exact) mass is 2100 g/mol. The maximum atomic E-state index is 13.4. The third-order valence-electron chi connectivity index (χ3n) is 24.6. The minimum atomic E-state index is -4.67. The van der Waals surface area contributed by atoms with Gasteiger partial charge >= 0.3 is 18.1 Å². The van der Waals surface area contributed by atoms with Gasteiger partial charge in [-0.25, -0.2) is 4.98 Å². The predicted molar refractivity (Wildman–Crippen MR) is 587 cm³/mol. The van der Waals surface area contributed by atoms with E-state index in [1.807, 2.05) is 169 Å². The number of thiazole rings is 1. The fraction of sp³-hybridized carbons (Fsp3) is 0.287. The number of nitrogens with zero attached hydrogens (tertiary/aromatic N) is 1. The highest BCUT2D eigenvalue weighted by Crippen LogP contribution is 2.46. The van der Waals surface area contributed by atoms with Crippen LogP contribution < -0.4 is 0 Å². The molecule has 786 valence electrons. The summed E-state index contributed by atoms with van der Waals surface area (Å²) < 4.78 is 172. The first-order chi connectivity index (χ1) is 70.9. The average molecular weight is 2100 g/mol. The van der Waals surface area contributed by atoms with E-state index in [9.17, 15) is 53.1 Å². The Hall–Kier alpha value is -12.8. The van der Waals surface area contributed by atoms with Crippen LogP contribution in [0.3, 0.4) is 0 Å². The summed E-state index contributed by atoms with van der Waals surface area (Å²) in [5.41, 5.74) is 7.44. The van der Waals surface area contributed by atoms with Crippen LogP contribution in [-0.4, -0.2) is 118 Å². The van der Waals surface area contributed by atoms with E-state index in [1.54, 1.807) is 166 Å². The Labute approximate surface area is 881 Å². The molecular formula is C122H134F3NO19S4.